The van der Waals surface area contributed by atoms with Gasteiger partial charge in [0, 0.05) is 5.69 Å². The number of anilines is 1. The molecule has 1 rings (SSSR count). The fraction of sp³-hybridized carbons (Fsp3) is 0.222. The van der Waals surface area contributed by atoms with E-state index in [0.29, 0.717) is 5.69 Å². The lowest BCUT2D eigenvalue weighted by molar-refractivity contribution is -0.255. The summed E-state index contributed by atoms with van der Waals surface area (Å²) in [5.41, 5.74) is 7.18. The smallest absolute Gasteiger partial charge is 0.0716 e. The van der Waals surface area contributed by atoms with Crippen LogP contribution in [-0.2, 0) is 6.42 Å². The fourth-order valence-electron chi connectivity index (χ4n) is 1.04. The third-order valence-electron chi connectivity index (χ3n) is 1.76. The minimum absolute atomic E-state index is 0.129. The number of aryl methyl sites for hydroxylation is 1. The van der Waals surface area contributed by atoms with E-state index in [0.717, 1.165) is 12.0 Å². The number of aromatic carboxylic acids is 1. The average Bonchev–Trinajstić information content (AvgIpc) is 2.04. The molecular weight excluding hydrogens is 154 g/mol. The summed E-state index contributed by atoms with van der Waals surface area (Å²) in [5.74, 6) is -1.19. The Hall–Kier alpha value is -1.51. The first kappa shape index (κ1) is 8.59. The van der Waals surface area contributed by atoms with E-state index in [4.69, 9.17) is 5.73 Å². The zero-order valence-corrected chi connectivity index (χ0v) is 6.83. The predicted octanol–water partition coefficient (Wildman–Crippen LogP) is 0.195. The molecule has 0 fully saturated rings. The van der Waals surface area contributed by atoms with Gasteiger partial charge in [0.1, 0.15) is 0 Å². The molecule has 0 unspecified atom stereocenters. The molecule has 0 amide bonds. The molecule has 1 aromatic carbocycles. The molecule has 0 spiro atoms. The van der Waals surface area contributed by atoms with Gasteiger partial charge in [-0.1, -0.05) is 19.1 Å². The molecule has 12 heavy (non-hydrogen) atoms. The molecule has 3 nitrogen and oxygen atoms in total. The van der Waals surface area contributed by atoms with Gasteiger partial charge >= 0.3 is 0 Å². The van der Waals surface area contributed by atoms with Crippen molar-refractivity contribution in [2.24, 2.45) is 0 Å². The number of carboxylic acid groups (broad SMARTS) is 1. The molecule has 0 saturated heterocycles. The summed E-state index contributed by atoms with van der Waals surface area (Å²) in [5, 5.41) is 10.4. The predicted molar refractivity (Wildman–Crippen MR) is 44.6 cm³/mol. The van der Waals surface area contributed by atoms with Crippen LogP contribution in [0, 0.1) is 0 Å². The van der Waals surface area contributed by atoms with Gasteiger partial charge in [-0.15, -0.1) is 0 Å². The maximum Gasteiger partial charge on any atom is 0.0716 e. The first-order chi connectivity index (χ1) is 5.65. The Labute approximate surface area is 70.8 Å². The highest BCUT2D eigenvalue weighted by molar-refractivity contribution is 5.87. The number of carboxylic acids is 1. The second-order valence-corrected chi connectivity index (χ2v) is 2.55. The SMILES string of the molecule is CCc1ccc(C(=O)[O-])cc1N. The van der Waals surface area contributed by atoms with Crippen molar-refractivity contribution in [2.45, 2.75) is 13.3 Å². The molecule has 0 saturated carbocycles. The molecule has 3 heteroatoms. The molecule has 0 radical (unpaired) electrons. The van der Waals surface area contributed by atoms with Gasteiger partial charge in [-0.05, 0) is 23.6 Å². The van der Waals surface area contributed by atoms with Crippen LogP contribution in [-0.4, -0.2) is 5.97 Å². The van der Waals surface area contributed by atoms with E-state index in [-0.39, 0.29) is 5.56 Å². The maximum atomic E-state index is 10.4. The topological polar surface area (TPSA) is 66.1 Å². The van der Waals surface area contributed by atoms with Crippen molar-refractivity contribution in [2.75, 3.05) is 5.73 Å². The van der Waals surface area contributed by atoms with Gasteiger partial charge in [-0.2, -0.15) is 0 Å². The van der Waals surface area contributed by atoms with Crippen molar-refractivity contribution in [1.82, 2.24) is 0 Å². The molecule has 0 aliphatic heterocycles. The Morgan fingerprint density at radius 1 is 1.58 bits per heavy atom. The lowest BCUT2D eigenvalue weighted by Crippen LogP contribution is -2.22. The fourth-order valence-corrected chi connectivity index (χ4v) is 1.04. The standard InChI is InChI=1S/C9H11NO2/c1-2-6-3-4-7(9(11)12)5-8(6)10/h3-5H,2,10H2,1H3,(H,11,12)/p-1. The zero-order valence-electron chi connectivity index (χ0n) is 6.83. The van der Waals surface area contributed by atoms with Gasteiger partial charge in [0.15, 0.2) is 0 Å². The first-order valence-electron chi connectivity index (χ1n) is 3.75. The first-order valence-corrected chi connectivity index (χ1v) is 3.75. The van der Waals surface area contributed by atoms with Gasteiger partial charge in [-0.25, -0.2) is 0 Å². The quantitative estimate of drug-likeness (QED) is 0.635. The van der Waals surface area contributed by atoms with Crippen LogP contribution >= 0.6 is 0 Å². The molecule has 0 aromatic heterocycles. The third kappa shape index (κ3) is 1.56. The van der Waals surface area contributed by atoms with Crippen molar-refractivity contribution in [3.8, 4) is 0 Å². The van der Waals surface area contributed by atoms with Gasteiger partial charge in [0.25, 0.3) is 0 Å². The Bertz CT molecular complexity index is 307. The van der Waals surface area contributed by atoms with Crippen LogP contribution < -0.4 is 10.8 Å². The van der Waals surface area contributed by atoms with Gasteiger partial charge < -0.3 is 15.6 Å². The van der Waals surface area contributed by atoms with Crippen LogP contribution in [0.1, 0.15) is 22.8 Å². The normalized spacial score (nSPS) is 9.75. The Balaban J connectivity index is 3.10. The zero-order chi connectivity index (χ0) is 9.14. The number of hydrogen-bond donors (Lipinski definition) is 1. The Morgan fingerprint density at radius 2 is 2.25 bits per heavy atom. The summed E-state index contributed by atoms with van der Waals surface area (Å²) in [6, 6.07) is 4.64. The van der Waals surface area contributed by atoms with Gasteiger partial charge in [0.05, 0.1) is 5.97 Å². The molecule has 1 aromatic rings. The van der Waals surface area contributed by atoms with Gasteiger partial charge in [-0.3, -0.25) is 0 Å². The van der Waals surface area contributed by atoms with E-state index in [1.54, 1.807) is 6.07 Å². The van der Waals surface area contributed by atoms with Gasteiger partial charge in [0.2, 0.25) is 0 Å². The van der Waals surface area contributed by atoms with Crippen molar-refractivity contribution in [1.29, 1.82) is 0 Å². The molecule has 0 aliphatic rings. The van der Waals surface area contributed by atoms with Crippen LogP contribution in [0.15, 0.2) is 18.2 Å². The summed E-state index contributed by atoms with van der Waals surface area (Å²) in [7, 11) is 0. The molecule has 0 heterocycles. The largest absolute Gasteiger partial charge is 0.545 e. The summed E-state index contributed by atoms with van der Waals surface area (Å²) in [6.07, 6.45) is 0.805. The third-order valence-corrected chi connectivity index (χ3v) is 1.76. The van der Waals surface area contributed by atoms with Crippen LogP contribution in [0.25, 0.3) is 0 Å². The number of benzene rings is 1. The minimum atomic E-state index is -1.19. The lowest BCUT2D eigenvalue weighted by Gasteiger charge is -2.06. The second-order valence-electron chi connectivity index (χ2n) is 2.55. The van der Waals surface area contributed by atoms with E-state index in [1.807, 2.05) is 6.92 Å². The highest BCUT2D eigenvalue weighted by atomic mass is 16.4. The Kier molecular flexibility index (Phi) is 2.33. The number of nitrogen functional groups attached to an aromatic ring is 1. The highest BCUT2D eigenvalue weighted by Gasteiger charge is 1.98. The van der Waals surface area contributed by atoms with Crippen molar-refractivity contribution >= 4 is 11.7 Å². The molecular formula is C9H10NO2-. The number of carbonyl (C=O) groups is 1. The van der Waals surface area contributed by atoms with E-state index < -0.39 is 5.97 Å². The van der Waals surface area contributed by atoms with Crippen molar-refractivity contribution in [3.05, 3.63) is 29.3 Å². The Morgan fingerprint density at radius 3 is 2.67 bits per heavy atom. The number of carbonyl (C=O) groups excluding carboxylic acids is 1. The lowest BCUT2D eigenvalue weighted by atomic mass is 10.1. The minimum Gasteiger partial charge on any atom is -0.545 e. The van der Waals surface area contributed by atoms with Crippen LogP contribution in [0.4, 0.5) is 5.69 Å². The van der Waals surface area contributed by atoms with E-state index in [9.17, 15) is 9.90 Å². The van der Waals surface area contributed by atoms with Crippen LogP contribution in [0.2, 0.25) is 0 Å². The monoisotopic (exact) mass is 164 g/mol. The van der Waals surface area contributed by atoms with Crippen molar-refractivity contribution in [3.63, 3.8) is 0 Å². The number of nitrogens with two attached hydrogens (primary N) is 1. The summed E-state index contributed by atoms with van der Waals surface area (Å²) >= 11 is 0. The van der Waals surface area contributed by atoms with Crippen LogP contribution in [0.5, 0.6) is 0 Å². The molecule has 0 atom stereocenters. The van der Waals surface area contributed by atoms with Crippen LogP contribution in [0.3, 0.4) is 0 Å². The van der Waals surface area contributed by atoms with E-state index in [2.05, 4.69) is 0 Å². The van der Waals surface area contributed by atoms with E-state index in [1.165, 1.54) is 12.1 Å². The molecule has 0 aliphatic carbocycles. The molecule has 0 bridgehead atoms. The molecule has 2 N–H and O–H groups in total. The summed E-state index contributed by atoms with van der Waals surface area (Å²) in [4.78, 5) is 10.4. The average molecular weight is 164 g/mol. The number of rotatable bonds is 2. The number of hydrogen-bond acceptors (Lipinski definition) is 3. The molecule has 64 valence electrons. The van der Waals surface area contributed by atoms with Crippen molar-refractivity contribution < 1.29 is 9.90 Å². The summed E-state index contributed by atoms with van der Waals surface area (Å²) in [6.45, 7) is 1.96. The maximum absolute atomic E-state index is 10.4. The highest BCUT2D eigenvalue weighted by Crippen LogP contribution is 2.13. The van der Waals surface area contributed by atoms with E-state index >= 15 is 0 Å². The second kappa shape index (κ2) is 3.26. The summed E-state index contributed by atoms with van der Waals surface area (Å²) < 4.78 is 0.